The Balaban J connectivity index is 2.25. The molecule has 0 saturated carbocycles. The van der Waals surface area contributed by atoms with Crippen LogP contribution in [-0.2, 0) is 18.4 Å². The topological polar surface area (TPSA) is 74.9 Å². The molecule has 0 aliphatic rings. The van der Waals surface area contributed by atoms with Crippen LogP contribution in [0.3, 0.4) is 0 Å². The van der Waals surface area contributed by atoms with Gasteiger partial charge in [0.05, 0.1) is 13.7 Å². The van der Waals surface area contributed by atoms with E-state index in [-0.39, 0.29) is 17.9 Å². The summed E-state index contributed by atoms with van der Waals surface area (Å²) in [5.74, 6) is -1.96. The van der Waals surface area contributed by atoms with Crippen LogP contribution in [0.15, 0.2) is 24.4 Å². The molecule has 0 aliphatic carbocycles. The van der Waals surface area contributed by atoms with Crippen molar-refractivity contribution in [2.45, 2.75) is 13.5 Å². The van der Waals surface area contributed by atoms with E-state index in [0.29, 0.717) is 11.1 Å². The predicted octanol–water partition coefficient (Wildman–Crippen LogP) is 2.09. The first-order valence-corrected chi connectivity index (χ1v) is 6.53. The molecule has 0 unspecified atom stereocenters. The van der Waals surface area contributed by atoms with Crippen LogP contribution in [0.1, 0.15) is 21.5 Å². The van der Waals surface area contributed by atoms with Gasteiger partial charge in [-0.2, -0.15) is 0 Å². The number of benzene rings is 1. The van der Waals surface area contributed by atoms with Gasteiger partial charge >= 0.3 is 0 Å². The van der Waals surface area contributed by atoms with E-state index < -0.39 is 17.5 Å². The maximum Gasteiger partial charge on any atom is 0.283 e. The molecule has 118 valence electrons. The molecule has 0 aliphatic heterocycles. The zero-order chi connectivity index (χ0) is 16.4. The summed E-state index contributed by atoms with van der Waals surface area (Å²) in [6.07, 6.45) is 1.29. The van der Waals surface area contributed by atoms with Crippen molar-refractivity contribution in [3.05, 3.63) is 46.9 Å². The number of aromatic hydroxyl groups is 2. The Labute approximate surface area is 126 Å². The Bertz CT molecular complexity index is 712. The van der Waals surface area contributed by atoms with Gasteiger partial charge in [-0.05, 0) is 24.1 Å². The fraction of sp³-hybridized carbons (Fsp3) is 0.267. The van der Waals surface area contributed by atoms with Crippen LogP contribution in [0, 0.1) is 12.7 Å². The summed E-state index contributed by atoms with van der Waals surface area (Å²) in [4.78, 5) is 17.3. The van der Waals surface area contributed by atoms with Crippen molar-refractivity contribution >= 4 is 5.91 Å². The number of halogens is 1. The van der Waals surface area contributed by atoms with Gasteiger partial charge in [0.25, 0.3) is 5.91 Å². The Morgan fingerprint density at radius 3 is 2.59 bits per heavy atom. The number of amides is 1. The van der Waals surface area contributed by atoms with Crippen molar-refractivity contribution in [1.82, 2.24) is 9.63 Å². The highest BCUT2D eigenvalue weighted by molar-refractivity contribution is 5.97. The van der Waals surface area contributed by atoms with Gasteiger partial charge in [-0.15, -0.1) is 0 Å². The van der Waals surface area contributed by atoms with Crippen LogP contribution in [0.4, 0.5) is 4.39 Å². The largest absolute Gasteiger partial charge is 0.503 e. The first-order valence-electron chi connectivity index (χ1n) is 6.53. The first-order chi connectivity index (χ1) is 10.3. The Kier molecular flexibility index (Phi) is 4.37. The molecular weight excluding hydrogens is 291 g/mol. The molecule has 0 saturated heterocycles. The van der Waals surface area contributed by atoms with Gasteiger partial charge in [-0.3, -0.25) is 9.63 Å². The summed E-state index contributed by atoms with van der Waals surface area (Å²) in [5, 5.41) is 20.3. The smallest absolute Gasteiger partial charge is 0.283 e. The molecule has 1 aromatic heterocycles. The minimum atomic E-state index is -0.642. The molecule has 7 heteroatoms. The Morgan fingerprint density at radius 2 is 2.09 bits per heavy atom. The average molecular weight is 308 g/mol. The third kappa shape index (κ3) is 2.89. The molecule has 2 N–H and O–H groups in total. The fourth-order valence-electron chi connectivity index (χ4n) is 2.01. The lowest BCUT2D eigenvalue weighted by Gasteiger charge is -2.19. The molecule has 2 rings (SSSR count). The van der Waals surface area contributed by atoms with Crippen LogP contribution in [0.2, 0.25) is 0 Å². The normalized spacial score (nSPS) is 10.7. The molecule has 0 spiro atoms. The zero-order valence-corrected chi connectivity index (χ0v) is 12.5. The molecular formula is C15H17FN2O4. The first kappa shape index (κ1) is 15.8. The lowest BCUT2D eigenvalue weighted by Crippen LogP contribution is -2.29. The number of hydroxylamine groups is 2. The summed E-state index contributed by atoms with van der Waals surface area (Å²) in [5.41, 5.74) is 0.942. The van der Waals surface area contributed by atoms with Gasteiger partial charge in [-0.25, -0.2) is 9.45 Å². The molecule has 0 bridgehead atoms. The van der Waals surface area contributed by atoms with Gasteiger partial charge < -0.3 is 14.8 Å². The number of aromatic nitrogens is 1. The second-order valence-electron chi connectivity index (χ2n) is 4.93. The summed E-state index contributed by atoms with van der Waals surface area (Å²) < 4.78 is 14.8. The zero-order valence-electron chi connectivity index (χ0n) is 12.5. The predicted molar refractivity (Wildman–Crippen MR) is 76.8 cm³/mol. The minimum absolute atomic E-state index is 0.00162. The number of rotatable bonds is 4. The van der Waals surface area contributed by atoms with Crippen molar-refractivity contribution in [3.63, 3.8) is 0 Å². The van der Waals surface area contributed by atoms with Crippen molar-refractivity contribution in [3.8, 4) is 11.6 Å². The second-order valence-corrected chi connectivity index (χ2v) is 4.93. The molecule has 2 aromatic rings. The number of carbonyl (C=O) groups is 1. The summed E-state index contributed by atoms with van der Waals surface area (Å²) >= 11 is 0. The van der Waals surface area contributed by atoms with Gasteiger partial charge in [-0.1, -0.05) is 12.1 Å². The maximum absolute atomic E-state index is 13.6. The van der Waals surface area contributed by atoms with E-state index >= 15 is 0 Å². The van der Waals surface area contributed by atoms with Crippen LogP contribution in [0.25, 0.3) is 0 Å². The minimum Gasteiger partial charge on any atom is -0.503 e. The number of hydrogen-bond acceptors (Lipinski definition) is 4. The number of nitrogens with zero attached hydrogens (tertiary/aromatic N) is 2. The quantitative estimate of drug-likeness (QED) is 0.848. The molecule has 22 heavy (non-hydrogen) atoms. The van der Waals surface area contributed by atoms with Crippen molar-refractivity contribution in [2.75, 3.05) is 7.11 Å². The third-order valence-corrected chi connectivity index (χ3v) is 3.36. The van der Waals surface area contributed by atoms with Gasteiger partial charge in [0.15, 0.2) is 5.75 Å². The third-order valence-electron chi connectivity index (χ3n) is 3.36. The van der Waals surface area contributed by atoms with E-state index in [4.69, 9.17) is 4.84 Å². The van der Waals surface area contributed by atoms with E-state index in [2.05, 4.69) is 0 Å². The monoisotopic (exact) mass is 308 g/mol. The van der Waals surface area contributed by atoms with Gasteiger partial charge in [0.1, 0.15) is 11.4 Å². The van der Waals surface area contributed by atoms with Crippen LogP contribution in [-0.4, -0.2) is 32.9 Å². The lowest BCUT2D eigenvalue weighted by molar-refractivity contribution is -0.102. The lowest BCUT2D eigenvalue weighted by atomic mass is 10.1. The van der Waals surface area contributed by atoms with Gasteiger partial charge in [0, 0.05) is 13.2 Å². The van der Waals surface area contributed by atoms with Gasteiger partial charge in [0.2, 0.25) is 5.88 Å². The summed E-state index contributed by atoms with van der Waals surface area (Å²) in [6, 6.07) is 4.60. The highest BCUT2D eigenvalue weighted by atomic mass is 19.1. The van der Waals surface area contributed by atoms with E-state index in [9.17, 15) is 19.4 Å². The molecule has 0 radical (unpaired) electrons. The highest BCUT2D eigenvalue weighted by Gasteiger charge is 2.24. The summed E-state index contributed by atoms with van der Waals surface area (Å²) in [7, 11) is 2.78. The summed E-state index contributed by atoms with van der Waals surface area (Å²) in [6.45, 7) is 1.64. The average Bonchev–Trinajstić information content (AvgIpc) is 2.75. The molecule has 0 fully saturated rings. The van der Waals surface area contributed by atoms with E-state index in [0.717, 1.165) is 5.06 Å². The Morgan fingerprint density at radius 1 is 1.41 bits per heavy atom. The van der Waals surface area contributed by atoms with E-state index in [1.807, 2.05) is 0 Å². The molecule has 1 amide bonds. The second kappa shape index (κ2) is 6.07. The Hall–Kier alpha value is -2.54. The van der Waals surface area contributed by atoms with Crippen molar-refractivity contribution in [2.24, 2.45) is 7.05 Å². The number of carbonyl (C=O) groups excluding carboxylic acids is 1. The van der Waals surface area contributed by atoms with E-state index in [1.54, 1.807) is 19.1 Å². The maximum atomic E-state index is 13.6. The number of aryl methyl sites for hydroxylation is 2. The molecule has 0 atom stereocenters. The SMILES string of the molecule is CON(Cc1ccc(C)c(F)c1)C(=O)c1cn(C)c(O)c1O. The standard InChI is InChI=1S/C15H17FN2O4/c1-9-4-5-10(6-12(9)16)7-18(22-3)14(20)11-8-17(2)15(21)13(11)19/h4-6,8,19,21H,7H2,1-3H3. The molecule has 1 heterocycles. The van der Waals surface area contributed by atoms with Crippen molar-refractivity contribution < 1.29 is 24.2 Å². The number of hydrogen-bond donors (Lipinski definition) is 2. The molecule has 6 nitrogen and oxygen atoms in total. The van der Waals surface area contributed by atoms with E-state index in [1.165, 1.54) is 31.0 Å². The fourth-order valence-corrected chi connectivity index (χ4v) is 2.01. The highest BCUT2D eigenvalue weighted by Crippen LogP contribution is 2.31. The van der Waals surface area contributed by atoms with Crippen LogP contribution < -0.4 is 0 Å². The molecule has 1 aromatic carbocycles. The van der Waals surface area contributed by atoms with Crippen LogP contribution in [0.5, 0.6) is 11.6 Å². The van der Waals surface area contributed by atoms with Crippen LogP contribution >= 0.6 is 0 Å². The van der Waals surface area contributed by atoms with Crippen molar-refractivity contribution in [1.29, 1.82) is 0 Å².